The minimum absolute atomic E-state index is 0.204. The summed E-state index contributed by atoms with van der Waals surface area (Å²) in [5.74, 6) is 1.22. The van der Waals surface area contributed by atoms with Crippen LogP contribution in [0.4, 0.5) is 5.69 Å². The molecule has 0 saturated carbocycles. The van der Waals surface area contributed by atoms with E-state index in [1.807, 2.05) is 26.8 Å². The maximum absolute atomic E-state index is 12.7. The predicted molar refractivity (Wildman–Crippen MR) is 104 cm³/mol. The van der Waals surface area contributed by atoms with E-state index in [1.54, 1.807) is 30.5 Å². The molecule has 5 nitrogen and oxygen atoms in total. The molecule has 2 heterocycles. The number of nitrogens with zero attached hydrogens (tertiary/aromatic N) is 2. The molecule has 0 aliphatic carbocycles. The molecule has 0 bridgehead atoms. The molecule has 1 aromatic carbocycles. The summed E-state index contributed by atoms with van der Waals surface area (Å²) in [6, 6.07) is 8.88. The Morgan fingerprint density at radius 1 is 1.27 bits per heavy atom. The number of hydrogen-bond acceptors (Lipinski definition) is 5. The quantitative estimate of drug-likeness (QED) is 0.610. The van der Waals surface area contributed by atoms with E-state index in [2.05, 4.69) is 15.5 Å². The zero-order chi connectivity index (χ0) is 18.7. The second-order valence-electron chi connectivity index (χ2n) is 5.86. The normalized spacial score (nSPS) is 10.8. The number of amides is 1. The number of pyridine rings is 1. The zero-order valence-corrected chi connectivity index (χ0v) is 16.2. The number of rotatable bonds is 5. The summed E-state index contributed by atoms with van der Waals surface area (Å²) in [4.78, 5) is 17.1. The van der Waals surface area contributed by atoms with E-state index in [4.69, 9.17) is 16.1 Å². The minimum Gasteiger partial charge on any atom is -0.361 e. The third kappa shape index (κ3) is 4.08. The van der Waals surface area contributed by atoms with Gasteiger partial charge in [0.2, 0.25) is 0 Å². The monoisotopic (exact) mass is 387 g/mol. The van der Waals surface area contributed by atoms with Crippen LogP contribution in [0.15, 0.2) is 46.1 Å². The molecule has 0 atom stereocenters. The molecule has 3 aromatic rings. The molecule has 0 unspecified atom stereocenters. The van der Waals surface area contributed by atoms with Crippen LogP contribution in [-0.4, -0.2) is 16.0 Å². The lowest BCUT2D eigenvalue weighted by Crippen LogP contribution is -2.14. The maximum Gasteiger partial charge on any atom is 0.258 e. The van der Waals surface area contributed by atoms with Crippen molar-refractivity contribution in [3.63, 3.8) is 0 Å². The van der Waals surface area contributed by atoms with Crippen molar-refractivity contribution < 1.29 is 9.32 Å². The van der Waals surface area contributed by atoms with Crippen molar-refractivity contribution in [1.29, 1.82) is 0 Å². The van der Waals surface area contributed by atoms with Crippen LogP contribution in [0.3, 0.4) is 0 Å². The average Bonchev–Trinajstić information content (AvgIpc) is 2.94. The van der Waals surface area contributed by atoms with Crippen molar-refractivity contribution in [2.75, 3.05) is 5.32 Å². The van der Waals surface area contributed by atoms with Gasteiger partial charge in [0, 0.05) is 28.2 Å². The summed E-state index contributed by atoms with van der Waals surface area (Å²) in [5, 5.41) is 8.19. The number of aryl methyl sites for hydroxylation is 3. The maximum atomic E-state index is 12.7. The van der Waals surface area contributed by atoms with Gasteiger partial charge in [0.05, 0.1) is 11.3 Å². The molecule has 7 heteroatoms. The lowest BCUT2D eigenvalue weighted by Gasteiger charge is -2.11. The fraction of sp³-hybridized carbons (Fsp3) is 0.211. The van der Waals surface area contributed by atoms with E-state index < -0.39 is 0 Å². The number of hydrogen-bond donors (Lipinski definition) is 1. The van der Waals surface area contributed by atoms with Crippen LogP contribution in [0.2, 0.25) is 5.02 Å². The molecule has 26 heavy (non-hydrogen) atoms. The molecule has 0 aliphatic heterocycles. The first-order valence-electron chi connectivity index (χ1n) is 8.02. The van der Waals surface area contributed by atoms with Gasteiger partial charge in [-0.2, -0.15) is 0 Å². The molecular formula is C19H18ClN3O2S. The van der Waals surface area contributed by atoms with E-state index >= 15 is 0 Å². The second kappa shape index (κ2) is 7.93. The Labute approximate surface area is 161 Å². The van der Waals surface area contributed by atoms with E-state index in [0.29, 0.717) is 21.4 Å². The van der Waals surface area contributed by atoms with Gasteiger partial charge in [0.1, 0.15) is 10.8 Å². The van der Waals surface area contributed by atoms with Gasteiger partial charge in [0.15, 0.2) is 0 Å². The number of thioether (sulfide) groups is 1. The molecule has 0 spiro atoms. The van der Waals surface area contributed by atoms with Gasteiger partial charge in [-0.1, -0.05) is 16.8 Å². The highest BCUT2D eigenvalue weighted by molar-refractivity contribution is 7.98. The van der Waals surface area contributed by atoms with Gasteiger partial charge in [-0.25, -0.2) is 4.98 Å². The van der Waals surface area contributed by atoms with Crippen molar-refractivity contribution in [1.82, 2.24) is 10.1 Å². The molecule has 0 fully saturated rings. The van der Waals surface area contributed by atoms with Crippen LogP contribution < -0.4 is 5.32 Å². The van der Waals surface area contributed by atoms with E-state index in [9.17, 15) is 4.79 Å². The highest BCUT2D eigenvalue weighted by Gasteiger charge is 2.16. The highest BCUT2D eigenvalue weighted by Crippen LogP contribution is 2.28. The summed E-state index contributed by atoms with van der Waals surface area (Å²) < 4.78 is 5.19. The number of aromatic nitrogens is 2. The van der Waals surface area contributed by atoms with Crippen LogP contribution in [0, 0.1) is 20.8 Å². The molecule has 3 rings (SSSR count). The van der Waals surface area contributed by atoms with Crippen molar-refractivity contribution in [3.8, 4) is 0 Å². The third-order valence-electron chi connectivity index (χ3n) is 3.99. The van der Waals surface area contributed by atoms with Gasteiger partial charge in [0.25, 0.3) is 5.91 Å². The van der Waals surface area contributed by atoms with Gasteiger partial charge < -0.3 is 9.84 Å². The molecule has 1 amide bonds. The first-order valence-corrected chi connectivity index (χ1v) is 9.39. The van der Waals surface area contributed by atoms with Crippen molar-refractivity contribution in [3.05, 3.63) is 69.7 Å². The standard InChI is InChI=1S/C19H18ClN3O2S/c1-11-9-14(20)6-7-17(11)22-18(24)15-5-4-8-21-19(15)26-10-16-12(2)23-25-13(16)3/h4-9H,10H2,1-3H3,(H,22,24). The summed E-state index contributed by atoms with van der Waals surface area (Å²) in [5.41, 5.74) is 4.04. The van der Waals surface area contributed by atoms with Gasteiger partial charge >= 0.3 is 0 Å². The third-order valence-corrected chi connectivity index (χ3v) is 5.25. The topological polar surface area (TPSA) is 68.0 Å². The molecule has 0 radical (unpaired) electrons. The predicted octanol–water partition coefficient (Wildman–Crippen LogP) is 5.19. The molecule has 1 N–H and O–H groups in total. The van der Waals surface area contributed by atoms with Gasteiger partial charge in [-0.3, -0.25) is 4.79 Å². The highest BCUT2D eigenvalue weighted by atomic mass is 35.5. The first kappa shape index (κ1) is 18.5. The Hall–Kier alpha value is -2.31. The van der Waals surface area contributed by atoms with Gasteiger partial charge in [-0.05, 0) is 56.7 Å². The van der Waals surface area contributed by atoms with Crippen LogP contribution in [0.5, 0.6) is 0 Å². The van der Waals surface area contributed by atoms with Crippen LogP contribution in [-0.2, 0) is 5.75 Å². The van der Waals surface area contributed by atoms with Crippen molar-refractivity contribution in [2.45, 2.75) is 31.6 Å². The Morgan fingerprint density at radius 3 is 2.77 bits per heavy atom. The van der Waals surface area contributed by atoms with Crippen LogP contribution in [0.25, 0.3) is 0 Å². The molecule has 134 valence electrons. The van der Waals surface area contributed by atoms with Crippen molar-refractivity contribution >= 4 is 35.0 Å². The molecule has 0 saturated heterocycles. The Balaban J connectivity index is 1.79. The lowest BCUT2D eigenvalue weighted by molar-refractivity contribution is 0.102. The Morgan fingerprint density at radius 2 is 2.08 bits per heavy atom. The fourth-order valence-corrected chi connectivity index (χ4v) is 3.86. The van der Waals surface area contributed by atoms with Crippen molar-refractivity contribution in [2.24, 2.45) is 0 Å². The largest absolute Gasteiger partial charge is 0.361 e. The van der Waals surface area contributed by atoms with E-state index in [0.717, 1.165) is 28.3 Å². The number of anilines is 1. The van der Waals surface area contributed by atoms with Gasteiger partial charge in [-0.15, -0.1) is 11.8 Å². The number of carbonyl (C=O) groups excluding carboxylic acids is 1. The second-order valence-corrected chi connectivity index (χ2v) is 7.26. The van der Waals surface area contributed by atoms with E-state index in [-0.39, 0.29) is 5.91 Å². The van der Waals surface area contributed by atoms with Crippen LogP contribution in [0.1, 0.15) is 32.9 Å². The number of nitrogens with one attached hydrogen (secondary N) is 1. The summed E-state index contributed by atoms with van der Waals surface area (Å²) in [6.07, 6.45) is 1.68. The summed E-state index contributed by atoms with van der Waals surface area (Å²) >= 11 is 7.46. The average molecular weight is 388 g/mol. The smallest absolute Gasteiger partial charge is 0.258 e. The Kier molecular flexibility index (Phi) is 5.64. The number of carbonyl (C=O) groups is 1. The van der Waals surface area contributed by atoms with E-state index in [1.165, 1.54) is 11.8 Å². The minimum atomic E-state index is -0.204. The molecule has 0 aliphatic rings. The number of halogens is 1. The van der Waals surface area contributed by atoms with Crippen LogP contribution >= 0.6 is 23.4 Å². The fourth-order valence-electron chi connectivity index (χ4n) is 2.48. The first-order chi connectivity index (χ1) is 12.5. The lowest BCUT2D eigenvalue weighted by atomic mass is 10.2. The summed E-state index contributed by atoms with van der Waals surface area (Å²) in [6.45, 7) is 5.69. The molecule has 2 aromatic heterocycles. The SMILES string of the molecule is Cc1cc(Cl)ccc1NC(=O)c1cccnc1SCc1c(C)noc1C. The summed E-state index contributed by atoms with van der Waals surface area (Å²) in [7, 11) is 0. The number of benzene rings is 1. The zero-order valence-electron chi connectivity index (χ0n) is 14.7. The Bertz CT molecular complexity index is 936. The molecular weight excluding hydrogens is 370 g/mol.